The molecule has 1 amide bonds. The minimum atomic E-state index is 0.176. The Hall–Kier alpha value is -1.06. The van der Waals surface area contributed by atoms with E-state index < -0.39 is 0 Å². The summed E-state index contributed by atoms with van der Waals surface area (Å²) in [5.74, 6) is 0.637. The quantitative estimate of drug-likeness (QED) is 0.911. The summed E-state index contributed by atoms with van der Waals surface area (Å²) in [4.78, 5) is 14.1. The number of carbonyl (C=O) groups is 1. The molecule has 1 aromatic rings. The maximum atomic E-state index is 12.2. The number of hydrogen-bond acceptors (Lipinski definition) is 2. The Bertz CT molecular complexity index is 422. The average Bonchev–Trinajstić information content (AvgIpc) is 2.39. The third-order valence-electron chi connectivity index (χ3n) is 3.45. The molecule has 1 aliphatic rings. The Morgan fingerprint density at radius 2 is 2.33 bits per heavy atom. The fourth-order valence-corrected chi connectivity index (χ4v) is 2.63. The Kier molecular flexibility index (Phi) is 4.61. The smallest absolute Gasteiger partial charge is 0.227 e. The van der Waals surface area contributed by atoms with Gasteiger partial charge in [-0.15, -0.1) is 0 Å². The van der Waals surface area contributed by atoms with Crippen molar-refractivity contribution < 1.29 is 4.79 Å². The molecule has 4 heteroatoms. The molecular formula is C14H19ClN2O. The number of nitrogens with zero attached hydrogens (tertiary/aromatic N) is 1. The molecular weight excluding hydrogens is 248 g/mol. The van der Waals surface area contributed by atoms with Crippen LogP contribution in [-0.4, -0.2) is 30.4 Å². The highest BCUT2D eigenvalue weighted by molar-refractivity contribution is 6.30. The lowest BCUT2D eigenvalue weighted by atomic mass is 9.97. The molecule has 0 aromatic heterocycles. The zero-order chi connectivity index (χ0) is 13.0. The number of rotatable bonds is 3. The summed E-state index contributed by atoms with van der Waals surface area (Å²) in [5.41, 5.74) is 6.66. The number of carbonyl (C=O) groups excluding carboxylic acids is 1. The Labute approximate surface area is 113 Å². The lowest BCUT2D eigenvalue weighted by molar-refractivity contribution is -0.132. The summed E-state index contributed by atoms with van der Waals surface area (Å²) >= 11 is 5.92. The van der Waals surface area contributed by atoms with Crippen LogP contribution < -0.4 is 5.73 Å². The van der Waals surface area contributed by atoms with E-state index in [1.54, 1.807) is 0 Å². The fraction of sp³-hybridized carbons (Fsp3) is 0.500. The number of amides is 1. The predicted octanol–water partition coefficient (Wildman–Crippen LogP) is 2.08. The Morgan fingerprint density at radius 1 is 1.50 bits per heavy atom. The second kappa shape index (κ2) is 6.21. The monoisotopic (exact) mass is 266 g/mol. The minimum absolute atomic E-state index is 0.176. The molecule has 1 aromatic carbocycles. The number of halogens is 1. The van der Waals surface area contributed by atoms with Crippen LogP contribution in [0.2, 0.25) is 5.02 Å². The molecule has 98 valence electrons. The summed E-state index contributed by atoms with van der Waals surface area (Å²) in [6.07, 6.45) is 2.62. The van der Waals surface area contributed by atoms with Gasteiger partial charge in [-0.3, -0.25) is 4.79 Å². The normalized spacial score (nSPS) is 19.9. The van der Waals surface area contributed by atoms with Crippen molar-refractivity contribution in [1.29, 1.82) is 0 Å². The maximum absolute atomic E-state index is 12.2. The molecule has 2 N–H and O–H groups in total. The molecule has 1 unspecified atom stereocenters. The van der Waals surface area contributed by atoms with Crippen molar-refractivity contribution >= 4 is 17.5 Å². The van der Waals surface area contributed by atoms with Crippen molar-refractivity contribution in [3.05, 3.63) is 34.9 Å². The van der Waals surface area contributed by atoms with Crippen molar-refractivity contribution in [2.24, 2.45) is 11.7 Å². The molecule has 3 nitrogen and oxygen atoms in total. The molecule has 0 radical (unpaired) electrons. The second-order valence-electron chi connectivity index (χ2n) is 4.89. The lowest BCUT2D eigenvalue weighted by Crippen LogP contribution is -2.42. The van der Waals surface area contributed by atoms with Crippen LogP contribution in [0.15, 0.2) is 24.3 Å². The van der Waals surface area contributed by atoms with Crippen LogP contribution in [0.25, 0.3) is 0 Å². The van der Waals surface area contributed by atoms with Gasteiger partial charge < -0.3 is 10.6 Å². The van der Waals surface area contributed by atoms with Gasteiger partial charge in [-0.1, -0.05) is 23.7 Å². The van der Waals surface area contributed by atoms with E-state index in [2.05, 4.69) is 0 Å². The van der Waals surface area contributed by atoms with Crippen molar-refractivity contribution in [2.75, 3.05) is 19.6 Å². The van der Waals surface area contributed by atoms with E-state index in [-0.39, 0.29) is 5.91 Å². The highest BCUT2D eigenvalue weighted by Crippen LogP contribution is 2.17. The summed E-state index contributed by atoms with van der Waals surface area (Å²) in [6, 6.07) is 7.49. The van der Waals surface area contributed by atoms with Crippen LogP contribution in [0.1, 0.15) is 18.4 Å². The number of nitrogens with two attached hydrogens (primary N) is 1. The van der Waals surface area contributed by atoms with E-state index in [0.717, 1.165) is 31.5 Å². The predicted molar refractivity (Wildman–Crippen MR) is 73.5 cm³/mol. The summed E-state index contributed by atoms with van der Waals surface area (Å²) in [5, 5.41) is 0.679. The molecule has 0 saturated carbocycles. The van der Waals surface area contributed by atoms with Crippen molar-refractivity contribution in [3.63, 3.8) is 0 Å². The maximum Gasteiger partial charge on any atom is 0.227 e. The molecule has 1 fully saturated rings. The van der Waals surface area contributed by atoms with Crippen LogP contribution >= 0.6 is 11.6 Å². The SMILES string of the molecule is NCC1CCCN(C(=O)Cc2cccc(Cl)c2)C1. The van der Waals surface area contributed by atoms with Gasteiger partial charge in [0, 0.05) is 18.1 Å². The fourth-order valence-electron chi connectivity index (χ4n) is 2.42. The lowest BCUT2D eigenvalue weighted by Gasteiger charge is -2.32. The molecule has 0 spiro atoms. The number of piperidine rings is 1. The van der Waals surface area contributed by atoms with E-state index in [0.29, 0.717) is 23.9 Å². The third kappa shape index (κ3) is 3.47. The van der Waals surface area contributed by atoms with Crippen molar-refractivity contribution in [3.8, 4) is 0 Å². The number of hydrogen-bond donors (Lipinski definition) is 1. The van der Waals surface area contributed by atoms with E-state index in [4.69, 9.17) is 17.3 Å². The standard InChI is InChI=1S/C14H19ClN2O/c15-13-5-1-3-11(7-13)8-14(18)17-6-2-4-12(9-16)10-17/h1,3,5,7,12H,2,4,6,8-10,16H2. The average molecular weight is 267 g/mol. The number of benzene rings is 1. The van der Waals surface area contributed by atoms with Crippen molar-refractivity contribution in [2.45, 2.75) is 19.3 Å². The largest absolute Gasteiger partial charge is 0.342 e. The van der Waals surface area contributed by atoms with Crippen LogP contribution in [0.4, 0.5) is 0 Å². The summed E-state index contributed by atoms with van der Waals surface area (Å²) in [6.45, 7) is 2.33. The third-order valence-corrected chi connectivity index (χ3v) is 3.68. The molecule has 1 aliphatic heterocycles. The van der Waals surface area contributed by atoms with Gasteiger partial charge in [-0.2, -0.15) is 0 Å². The first kappa shape index (κ1) is 13.4. The molecule has 0 bridgehead atoms. The van der Waals surface area contributed by atoms with E-state index in [1.807, 2.05) is 29.2 Å². The molecule has 0 aliphatic carbocycles. The molecule has 2 rings (SSSR count). The first-order chi connectivity index (χ1) is 8.69. The highest BCUT2D eigenvalue weighted by Gasteiger charge is 2.22. The van der Waals surface area contributed by atoms with Crippen LogP contribution in [0.3, 0.4) is 0 Å². The summed E-state index contributed by atoms with van der Waals surface area (Å²) in [7, 11) is 0. The Morgan fingerprint density at radius 3 is 3.06 bits per heavy atom. The minimum Gasteiger partial charge on any atom is -0.342 e. The number of likely N-dealkylation sites (tertiary alicyclic amines) is 1. The van der Waals surface area contributed by atoms with Crippen LogP contribution in [0, 0.1) is 5.92 Å². The zero-order valence-electron chi connectivity index (χ0n) is 10.4. The molecule has 1 atom stereocenters. The molecule has 18 heavy (non-hydrogen) atoms. The van der Waals surface area contributed by atoms with Gasteiger partial charge in [-0.25, -0.2) is 0 Å². The molecule has 1 saturated heterocycles. The van der Waals surface area contributed by atoms with E-state index in [1.165, 1.54) is 0 Å². The van der Waals surface area contributed by atoms with Gasteiger partial charge >= 0.3 is 0 Å². The van der Waals surface area contributed by atoms with Crippen LogP contribution in [-0.2, 0) is 11.2 Å². The first-order valence-electron chi connectivity index (χ1n) is 6.41. The van der Waals surface area contributed by atoms with Crippen LogP contribution in [0.5, 0.6) is 0 Å². The van der Waals surface area contributed by atoms with Gasteiger partial charge in [0.25, 0.3) is 0 Å². The van der Waals surface area contributed by atoms with Gasteiger partial charge in [0.1, 0.15) is 0 Å². The second-order valence-corrected chi connectivity index (χ2v) is 5.33. The zero-order valence-corrected chi connectivity index (χ0v) is 11.2. The van der Waals surface area contributed by atoms with Gasteiger partial charge in [0.15, 0.2) is 0 Å². The van der Waals surface area contributed by atoms with E-state index >= 15 is 0 Å². The first-order valence-corrected chi connectivity index (χ1v) is 6.79. The Balaban J connectivity index is 1.95. The van der Waals surface area contributed by atoms with Gasteiger partial charge in [0.2, 0.25) is 5.91 Å². The van der Waals surface area contributed by atoms with E-state index in [9.17, 15) is 4.79 Å². The van der Waals surface area contributed by atoms with Crippen molar-refractivity contribution in [1.82, 2.24) is 4.90 Å². The topological polar surface area (TPSA) is 46.3 Å². The molecule has 1 heterocycles. The summed E-state index contributed by atoms with van der Waals surface area (Å²) < 4.78 is 0. The van der Waals surface area contributed by atoms with Gasteiger partial charge in [-0.05, 0) is 43.0 Å². The van der Waals surface area contributed by atoms with Gasteiger partial charge in [0.05, 0.1) is 6.42 Å². The highest BCUT2D eigenvalue weighted by atomic mass is 35.5.